The monoisotopic (exact) mass is 378 g/mol. The van der Waals surface area contributed by atoms with Gasteiger partial charge in [0.15, 0.2) is 5.96 Å². The highest BCUT2D eigenvalue weighted by atomic mass is 32.2. The van der Waals surface area contributed by atoms with Crippen LogP contribution in [-0.4, -0.2) is 53.0 Å². The highest BCUT2D eigenvalue weighted by molar-refractivity contribution is 7.92. The molecule has 0 fully saturated rings. The zero-order valence-corrected chi connectivity index (χ0v) is 14.6. The number of para-hydroxylation sites is 1. The van der Waals surface area contributed by atoms with Crippen molar-refractivity contribution < 1.29 is 21.6 Å². The lowest BCUT2D eigenvalue weighted by Crippen LogP contribution is -2.42. The van der Waals surface area contributed by atoms with Crippen LogP contribution in [0.3, 0.4) is 0 Å². The zero-order valence-electron chi connectivity index (χ0n) is 13.8. The Morgan fingerprint density at radius 3 is 2.60 bits per heavy atom. The molecule has 0 bridgehead atoms. The Morgan fingerprint density at radius 1 is 1.24 bits per heavy atom. The van der Waals surface area contributed by atoms with E-state index in [4.69, 9.17) is 0 Å². The van der Waals surface area contributed by atoms with Crippen LogP contribution in [0.25, 0.3) is 0 Å². The molecule has 2 N–H and O–H groups in total. The van der Waals surface area contributed by atoms with E-state index in [1.807, 2.05) is 12.1 Å². The van der Waals surface area contributed by atoms with Gasteiger partial charge >= 0.3 is 6.18 Å². The van der Waals surface area contributed by atoms with E-state index >= 15 is 0 Å². The van der Waals surface area contributed by atoms with Crippen molar-refractivity contribution in [1.82, 2.24) is 10.6 Å². The van der Waals surface area contributed by atoms with Crippen LogP contribution < -0.4 is 14.9 Å². The predicted octanol–water partition coefficient (Wildman–Crippen LogP) is 1.50. The van der Waals surface area contributed by atoms with Crippen molar-refractivity contribution in [3.8, 4) is 0 Å². The highest BCUT2D eigenvalue weighted by Crippen LogP contribution is 2.29. The standard InChI is InChI=1S/C15H21F3N4O2S/c1-19-14(20-8-7-15(16,17)18)21-9-11-25(23,24)22-10-6-12-4-2-3-5-13(12)22/h2-5H,6-11H2,1H3,(H2,19,20,21). The summed E-state index contributed by atoms with van der Waals surface area (Å²) in [5, 5.41) is 5.23. The van der Waals surface area contributed by atoms with E-state index in [-0.39, 0.29) is 24.8 Å². The normalized spacial score (nSPS) is 15.2. The largest absolute Gasteiger partial charge is 0.390 e. The van der Waals surface area contributed by atoms with Crippen molar-refractivity contribution in [2.45, 2.75) is 19.0 Å². The molecule has 0 saturated heterocycles. The van der Waals surface area contributed by atoms with Crippen molar-refractivity contribution in [3.63, 3.8) is 0 Å². The summed E-state index contributed by atoms with van der Waals surface area (Å²) < 4.78 is 62.7. The fourth-order valence-corrected chi connectivity index (χ4v) is 3.98. The third kappa shape index (κ3) is 5.52. The number of hydrogen-bond donors (Lipinski definition) is 2. The average molecular weight is 378 g/mol. The van der Waals surface area contributed by atoms with Crippen LogP contribution in [-0.2, 0) is 16.4 Å². The number of nitrogens with zero attached hydrogens (tertiary/aromatic N) is 2. The molecule has 6 nitrogen and oxygen atoms in total. The zero-order chi connectivity index (χ0) is 18.5. The van der Waals surface area contributed by atoms with E-state index in [0.717, 1.165) is 5.56 Å². The number of halogens is 3. The Morgan fingerprint density at radius 2 is 1.92 bits per heavy atom. The maximum atomic E-state index is 12.5. The molecule has 140 valence electrons. The molecule has 0 aromatic heterocycles. The summed E-state index contributed by atoms with van der Waals surface area (Å²) in [6.45, 7) is 0.127. The van der Waals surface area contributed by atoms with E-state index in [2.05, 4.69) is 15.6 Å². The van der Waals surface area contributed by atoms with E-state index in [1.54, 1.807) is 12.1 Å². The SMILES string of the molecule is CN=C(NCCC(F)(F)F)NCCS(=O)(=O)N1CCc2ccccc21. The summed E-state index contributed by atoms with van der Waals surface area (Å²) in [5.41, 5.74) is 1.68. The fourth-order valence-electron chi connectivity index (χ4n) is 2.55. The lowest BCUT2D eigenvalue weighted by molar-refractivity contribution is -0.132. The molecular weight excluding hydrogens is 357 g/mol. The smallest absolute Gasteiger partial charge is 0.356 e. The van der Waals surface area contributed by atoms with Gasteiger partial charge in [0.05, 0.1) is 17.9 Å². The van der Waals surface area contributed by atoms with Gasteiger partial charge in [-0.15, -0.1) is 0 Å². The molecule has 0 amide bonds. The molecule has 0 unspecified atom stereocenters. The molecule has 0 atom stereocenters. The molecule has 2 rings (SSSR count). The van der Waals surface area contributed by atoms with Crippen LogP contribution in [0.1, 0.15) is 12.0 Å². The number of fused-ring (bicyclic) bond motifs is 1. The lowest BCUT2D eigenvalue weighted by atomic mass is 10.2. The average Bonchev–Trinajstić information content (AvgIpc) is 2.97. The molecule has 1 aromatic rings. The van der Waals surface area contributed by atoms with E-state index < -0.39 is 22.6 Å². The number of hydrogen-bond acceptors (Lipinski definition) is 3. The number of nitrogens with one attached hydrogen (secondary N) is 2. The van der Waals surface area contributed by atoms with Gasteiger partial charge < -0.3 is 10.6 Å². The summed E-state index contributed by atoms with van der Waals surface area (Å²) >= 11 is 0. The molecule has 0 spiro atoms. The van der Waals surface area contributed by atoms with Gasteiger partial charge in [-0.1, -0.05) is 18.2 Å². The van der Waals surface area contributed by atoms with Gasteiger partial charge in [0.25, 0.3) is 0 Å². The number of rotatable bonds is 6. The molecule has 25 heavy (non-hydrogen) atoms. The minimum Gasteiger partial charge on any atom is -0.356 e. The van der Waals surface area contributed by atoms with Crippen molar-refractivity contribution in [2.24, 2.45) is 4.99 Å². The Labute approximate surface area is 145 Å². The van der Waals surface area contributed by atoms with Crippen LogP contribution in [0.5, 0.6) is 0 Å². The minimum atomic E-state index is -4.25. The Kier molecular flexibility index (Phi) is 6.15. The second-order valence-electron chi connectivity index (χ2n) is 5.56. The molecule has 1 aromatic carbocycles. The molecule has 1 aliphatic rings. The van der Waals surface area contributed by atoms with Crippen LogP contribution in [0.15, 0.2) is 29.3 Å². The minimum absolute atomic E-state index is 0.0483. The van der Waals surface area contributed by atoms with Crippen molar-refractivity contribution in [3.05, 3.63) is 29.8 Å². The first kappa shape index (κ1) is 19.4. The van der Waals surface area contributed by atoms with Gasteiger partial charge in [0.2, 0.25) is 10.0 Å². The summed E-state index contributed by atoms with van der Waals surface area (Å²) in [6.07, 6.45) is -4.57. The first-order valence-electron chi connectivity index (χ1n) is 7.82. The third-order valence-electron chi connectivity index (χ3n) is 3.76. The molecule has 10 heteroatoms. The van der Waals surface area contributed by atoms with Crippen LogP contribution in [0.2, 0.25) is 0 Å². The topological polar surface area (TPSA) is 73.8 Å². The first-order chi connectivity index (χ1) is 11.7. The van der Waals surface area contributed by atoms with Gasteiger partial charge in [-0.05, 0) is 18.1 Å². The Bertz CT molecular complexity index is 720. The molecule has 0 radical (unpaired) electrons. The lowest BCUT2D eigenvalue weighted by Gasteiger charge is -2.20. The van der Waals surface area contributed by atoms with Gasteiger partial charge in [0.1, 0.15) is 0 Å². The number of alkyl halides is 3. The second kappa shape index (κ2) is 7.94. The third-order valence-corrected chi connectivity index (χ3v) is 5.53. The van der Waals surface area contributed by atoms with Crippen molar-refractivity contribution >= 4 is 21.7 Å². The quantitative estimate of drug-likeness (QED) is 0.581. The van der Waals surface area contributed by atoms with Gasteiger partial charge in [-0.25, -0.2) is 8.42 Å². The molecular formula is C15H21F3N4O2S. The maximum absolute atomic E-state index is 12.5. The summed E-state index contributed by atoms with van der Waals surface area (Å²) in [4.78, 5) is 3.78. The van der Waals surface area contributed by atoms with E-state index in [1.165, 1.54) is 11.4 Å². The fraction of sp³-hybridized carbons (Fsp3) is 0.533. The number of aliphatic imine (C=N–C) groups is 1. The summed E-state index contributed by atoms with van der Waals surface area (Å²) in [5.74, 6) is -0.0392. The van der Waals surface area contributed by atoms with E-state index in [0.29, 0.717) is 18.7 Å². The van der Waals surface area contributed by atoms with Gasteiger partial charge in [0, 0.05) is 26.7 Å². The number of benzene rings is 1. The van der Waals surface area contributed by atoms with E-state index in [9.17, 15) is 21.6 Å². The van der Waals surface area contributed by atoms with Crippen LogP contribution in [0.4, 0.5) is 18.9 Å². The molecule has 0 saturated carbocycles. The molecule has 1 heterocycles. The predicted molar refractivity (Wildman–Crippen MR) is 91.3 cm³/mol. The van der Waals surface area contributed by atoms with Gasteiger partial charge in [-0.3, -0.25) is 9.30 Å². The Balaban J connectivity index is 1.84. The van der Waals surface area contributed by atoms with Gasteiger partial charge in [-0.2, -0.15) is 13.2 Å². The number of anilines is 1. The second-order valence-corrected chi connectivity index (χ2v) is 7.57. The molecule has 1 aliphatic heterocycles. The number of guanidine groups is 1. The highest BCUT2D eigenvalue weighted by Gasteiger charge is 2.29. The summed E-state index contributed by atoms with van der Waals surface area (Å²) in [7, 11) is -2.10. The number of sulfonamides is 1. The maximum Gasteiger partial charge on any atom is 0.390 e. The molecule has 0 aliphatic carbocycles. The first-order valence-corrected chi connectivity index (χ1v) is 9.43. The van der Waals surface area contributed by atoms with Crippen molar-refractivity contribution in [1.29, 1.82) is 0 Å². The van der Waals surface area contributed by atoms with Crippen LogP contribution in [0, 0.1) is 0 Å². The van der Waals surface area contributed by atoms with Crippen molar-refractivity contribution in [2.75, 3.05) is 36.7 Å². The van der Waals surface area contributed by atoms with Crippen LogP contribution >= 0.6 is 0 Å². The summed E-state index contributed by atoms with van der Waals surface area (Å²) in [6, 6.07) is 7.32. The Hall–Kier alpha value is -1.97.